The van der Waals surface area contributed by atoms with Crippen LogP contribution in [0.4, 0.5) is 0 Å². The molecule has 3 rings (SSSR count). The lowest BCUT2D eigenvalue weighted by Crippen LogP contribution is -2.32. The van der Waals surface area contributed by atoms with Crippen LogP contribution in [0.3, 0.4) is 0 Å². The van der Waals surface area contributed by atoms with Gasteiger partial charge in [-0.25, -0.2) is 0 Å². The van der Waals surface area contributed by atoms with Crippen LogP contribution < -0.4 is 0 Å². The molecule has 0 unspecified atom stereocenters. The largest absolute Gasteiger partial charge is 0.385 e. The van der Waals surface area contributed by atoms with E-state index >= 15 is 0 Å². The van der Waals surface area contributed by atoms with E-state index in [1.54, 1.807) is 25.3 Å². The molecule has 2 aliphatic heterocycles. The first-order valence-electron chi connectivity index (χ1n) is 8.92. The van der Waals surface area contributed by atoms with Crippen LogP contribution in [0, 0.1) is 0 Å². The first-order chi connectivity index (χ1) is 12.1. The van der Waals surface area contributed by atoms with Crippen molar-refractivity contribution in [1.82, 2.24) is 9.80 Å². The van der Waals surface area contributed by atoms with Crippen LogP contribution in [-0.4, -0.2) is 60.9 Å². The molecule has 1 aromatic carbocycles. The molecule has 0 atom stereocenters. The number of hydrogen-bond acceptors (Lipinski definition) is 4. The minimum absolute atomic E-state index is 0.0530. The van der Waals surface area contributed by atoms with Crippen LogP contribution in [0.2, 0.25) is 0 Å². The number of likely N-dealkylation sites (tertiary alicyclic amines) is 1. The van der Waals surface area contributed by atoms with E-state index in [0.29, 0.717) is 36.3 Å². The van der Waals surface area contributed by atoms with Gasteiger partial charge >= 0.3 is 0 Å². The Morgan fingerprint density at radius 2 is 1.72 bits per heavy atom. The van der Waals surface area contributed by atoms with Crippen LogP contribution in [0.25, 0.3) is 0 Å². The summed E-state index contributed by atoms with van der Waals surface area (Å²) in [5, 5.41) is 0. The first kappa shape index (κ1) is 17.6. The van der Waals surface area contributed by atoms with Crippen molar-refractivity contribution in [3.8, 4) is 0 Å². The molecule has 6 nitrogen and oxygen atoms in total. The summed E-state index contributed by atoms with van der Waals surface area (Å²) in [5.74, 6) is -0.658. The quantitative estimate of drug-likeness (QED) is 0.607. The highest BCUT2D eigenvalue weighted by molar-refractivity contribution is 6.22. The topological polar surface area (TPSA) is 66.9 Å². The lowest BCUT2D eigenvalue weighted by molar-refractivity contribution is 0.0638. The number of carbonyl (C=O) groups excluding carboxylic acids is 3. The molecule has 0 aliphatic carbocycles. The summed E-state index contributed by atoms with van der Waals surface area (Å²) in [5.41, 5.74) is 1.21. The van der Waals surface area contributed by atoms with Gasteiger partial charge in [0.15, 0.2) is 0 Å². The number of nitrogens with zero attached hydrogens (tertiary/aromatic N) is 2. The zero-order chi connectivity index (χ0) is 17.8. The maximum absolute atomic E-state index is 12.7. The Labute approximate surface area is 147 Å². The normalized spacial score (nSPS) is 17.6. The van der Waals surface area contributed by atoms with Gasteiger partial charge in [0.05, 0.1) is 11.1 Å². The van der Waals surface area contributed by atoms with E-state index in [1.807, 2.05) is 4.90 Å². The third kappa shape index (κ3) is 3.58. The minimum atomic E-state index is -0.318. The van der Waals surface area contributed by atoms with Crippen molar-refractivity contribution >= 4 is 17.7 Å². The standard InChI is InChI=1S/C19H24N2O4/c1-25-12-6-11-21-18(23)15-8-7-14(13-16(15)19(21)24)17(22)20-9-4-2-3-5-10-20/h7-8,13H,2-6,9-12H2,1H3. The number of hydrogen-bond donors (Lipinski definition) is 0. The first-order valence-corrected chi connectivity index (χ1v) is 8.92. The molecular formula is C19H24N2O4. The molecule has 2 heterocycles. The Morgan fingerprint density at radius 3 is 2.40 bits per heavy atom. The second kappa shape index (κ2) is 7.78. The Balaban J connectivity index is 1.78. The smallest absolute Gasteiger partial charge is 0.261 e. The summed E-state index contributed by atoms with van der Waals surface area (Å²) in [7, 11) is 1.59. The number of methoxy groups -OCH3 is 1. The number of benzene rings is 1. The molecule has 134 valence electrons. The summed E-state index contributed by atoms with van der Waals surface area (Å²) in [6.45, 7) is 2.33. The van der Waals surface area contributed by atoms with E-state index in [-0.39, 0.29) is 17.7 Å². The Hall–Kier alpha value is -2.21. The van der Waals surface area contributed by atoms with Crippen molar-refractivity contribution in [1.29, 1.82) is 0 Å². The molecule has 1 fully saturated rings. The SMILES string of the molecule is COCCCN1C(=O)c2ccc(C(=O)N3CCCCCC3)cc2C1=O. The third-order valence-electron chi connectivity index (χ3n) is 4.84. The second-order valence-corrected chi connectivity index (χ2v) is 6.58. The molecule has 1 aromatic rings. The Morgan fingerprint density at radius 1 is 1.04 bits per heavy atom. The van der Waals surface area contributed by atoms with Crippen molar-refractivity contribution in [2.24, 2.45) is 0 Å². The van der Waals surface area contributed by atoms with Gasteiger partial charge < -0.3 is 9.64 Å². The highest BCUT2D eigenvalue weighted by Gasteiger charge is 2.35. The summed E-state index contributed by atoms with van der Waals surface area (Å²) in [6.07, 6.45) is 4.93. The third-order valence-corrected chi connectivity index (χ3v) is 4.84. The van der Waals surface area contributed by atoms with Crippen molar-refractivity contribution < 1.29 is 19.1 Å². The summed E-state index contributed by atoms with van der Waals surface area (Å²) >= 11 is 0. The van der Waals surface area contributed by atoms with Crippen LogP contribution in [0.5, 0.6) is 0 Å². The number of fused-ring (bicyclic) bond motifs is 1. The predicted molar refractivity (Wildman–Crippen MR) is 92.7 cm³/mol. The number of rotatable bonds is 5. The molecular weight excluding hydrogens is 320 g/mol. The van der Waals surface area contributed by atoms with Gasteiger partial charge in [0.1, 0.15) is 0 Å². The van der Waals surface area contributed by atoms with E-state index < -0.39 is 0 Å². The summed E-state index contributed by atoms with van der Waals surface area (Å²) < 4.78 is 4.98. The van der Waals surface area contributed by atoms with Crippen LogP contribution in [0.1, 0.15) is 63.2 Å². The van der Waals surface area contributed by atoms with Gasteiger partial charge in [-0.3, -0.25) is 19.3 Å². The number of ether oxygens (including phenoxy) is 1. The van der Waals surface area contributed by atoms with Gasteiger partial charge in [0.2, 0.25) is 0 Å². The Kier molecular flexibility index (Phi) is 5.48. The lowest BCUT2D eigenvalue weighted by atomic mass is 10.0. The molecule has 0 aromatic heterocycles. The molecule has 0 spiro atoms. The zero-order valence-corrected chi connectivity index (χ0v) is 14.6. The number of carbonyl (C=O) groups is 3. The van der Waals surface area contributed by atoms with Crippen molar-refractivity contribution in [2.75, 3.05) is 33.4 Å². The molecule has 2 aliphatic rings. The maximum Gasteiger partial charge on any atom is 0.261 e. The molecule has 25 heavy (non-hydrogen) atoms. The fraction of sp³-hybridized carbons (Fsp3) is 0.526. The van der Waals surface area contributed by atoms with E-state index in [9.17, 15) is 14.4 Å². The van der Waals surface area contributed by atoms with Gasteiger partial charge in [-0.05, 0) is 37.5 Å². The van der Waals surface area contributed by atoms with Crippen LogP contribution >= 0.6 is 0 Å². The van der Waals surface area contributed by atoms with Crippen LogP contribution in [0.15, 0.2) is 18.2 Å². The lowest BCUT2D eigenvalue weighted by Gasteiger charge is -2.20. The minimum Gasteiger partial charge on any atom is -0.385 e. The van der Waals surface area contributed by atoms with Crippen LogP contribution in [-0.2, 0) is 4.74 Å². The van der Waals surface area contributed by atoms with Crippen molar-refractivity contribution in [3.63, 3.8) is 0 Å². The summed E-state index contributed by atoms with van der Waals surface area (Å²) in [6, 6.07) is 4.85. The fourth-order valence-electron chi connectivity index (χ4n) is 3.45. The molecule has 0 N–H and O–H groups in total. The Bertz CT molecular complexity index is 678. The molecule has 6 heteroatoms. The van der Waals surface area contributed by atoms with E-state index in [0.717, 1.165) is 38.8 Å². The fourth-order valence-corrected chi connectivity index (χ4v) is 3.45. The molecule has 0 bridgehead atoms. The monoisotopic (exact) mass is 344 g/mol. The summed E-state index contributed by atoms with van der Waals surface area (Å²) in [4.78, 5) is 40.8. The van der Waals surface area contributed by atoms with Crippen molar-refractivity contribution in [2.45, 2.75) is 32.1 Å². The molecule has 0 radical (unpaired) electrons. The molecule has 0 saturated carbocycles. The highest BCUT2D eigenvalue weighted by atomic mass is 16.5. The van der Waals surface area contributed by atoms with Gasteiger partial charge in [0.25, 0.3) is 17.7 Å². The average Bonchev–Trinajstić information content (AvgIpc) is 2.83. The predicted octanol–water partition coefficient (Wildman–Crippen LogP) is 2.34. The molecule has 3 amide bonds. The second-order valence-electron chi connectivity index (χ2n) is 6.58. The van der Waals surface area contributed by atoms with E-state index in [4.69, 9.17) is 4.74 Å². The van der Waals surface area contributed by atoms with E-state index in [2.05, 4.69) is 0 Å². The zero-order valence-electron chi connectivity index (χ0n) is 14.6. The van der Waals surface area contributed by atoms with Crippen molar-refractivity contribution in [3.05, 3.63) is 34.9 Å². The van der Waals surface area contributed by atoms with Gasteiger partial charge in [-0.1, -0.05) is 12.8 Å². The molecule has 1 saturated heterocycles. The van der Waals surface area contributed by atoms with Gasteiger partial charge in [-0.2, -0.15) is 0 Å². The maximum atomic E-state index is 12.7. The highest BCUT2D eigenvalue weighted by Crippen LogP contribution is 2.25. The number of imide groups is 1. The van der Waals surface area contributed by atoms with E-state index in [1.165, 1.54) is 4.90 Å². The number of amides is 3. The average molecular weight is 344 g/mol. The van der Waals surface area contributed by atoms with Gasteiger partial charge in [-0.15, -0.1) is 0 Å². The van der Waals surface area contributed by atoms with Gasteiger partial charge in [0, 0.05) is 38.9 Å².